The predicted molar refractivity (Wildman–Crippen MR) is 74.1 cm³/mol. The molecule has 1 aromatic carbocycles. The van der Waals surface area contributed by atoms with Crippen molar-refractivity contribution in [2.24, 2.45) is 11.8 Å². The lowest BCUT2D eigenvalue weighted by molar-refractivity contribution is -0.385. The zero-order valence-electron chi connectivity index (χ0n) is 11.9. The molecule has 7 nitrogen and oxygen atoms in total. The summed E-state index contributed by atoms with van der Waals surface area (Å²) in [5, 5.41) is 22.5. The largest absolute Gasteiger partial charge is 0.490 e. The Labute approximate surface area is 120 Å². The molecule has 0 fully saturated rings. The highest BCUT2D eigenvalue weighted by atomic mass is 19.1. The Morgan fingerprint density at radius 3 is 2.57 bits per heavy atom. The molecular weight excluding hydrogens is 283 g/mol. The predicted octanol–water partition coefficient (Wildman–Crippen LogP) is 2.51. The van der Waals surface area contributed by atoms with Gasteiger partial charge in [-0.25, -0.2) is 4.39 Å². The number of carbonyl (C=O) groups is 1. The molecule has 2 N–H and O–H groups in total. The number of hydrogen-bond acceptors (Lipinski definition) is 5. The summed E-state index contributed by atoms with van der Waals surface area (Å²) in [7, 11) is 1.23. The van der Waals surface area contributed by atoms with Crippen LogP contribution < -0.4 is 10.1 Å². The summed E-state index contributed by atoms with van der Waals surface area (Å²) in [5.41, 5.74) is -0.524. The first-order valence-electron chi connectivity index (χ1n) is 6.26. The molecule has 0 radical (unpaired) electrons. The van der Waals surface area contributed by atoms with Gasteiger partial charge in [-0.1, -0.05) is 13.8 Å². The fourth-order valence-electron chi connectivity index (χ4n) is 1.81. The number of methoxy groups -OCH3 is 1. The van der Waals surface area contributed by atoms with Gasteiger partial charge >= 0.3 is 11.7 Å². The molecular formula is C13H17FN2O5. The lowest BCUT2D eigenvalue weighted by Gasteiger charge is -2.18. The SMILES string of the molecule is COc1cc(NCC(C(=O)O)C(C)C)c(F)cc1[N+](=O)[O-]. The number of nitrogens with zero attached hydrogens (tertiary/aromatic N) is 1. The zero-order chi connectivity index (χ0) is 16.2. The monoisotopic (exact) mass is 300 g/mol. The van der Waals surface area contributed by atoms with E-state index in [-0.39, 0.29) is 23.9 Å². The van der Waals surface area contributed by atoms with Gasteiger partial charge in [0.25, 0.3) is 0 Å². The van der Waals surface area contributed by atoms with Gasteiger partial charge in [0.1, 0.15) is 0 Å². The van der Waals surface area contributed by atoms with Crippen molar-refractivity contribution in [3.8, 4) is 5.75 Å². The van der Waals surface area contributed by atoms with Crippen LogP contribution in [0.2, 0.25) is 0 Å². The third-order valence-electron chi connectivity index (χ3n) is 3.10. The molecule has 0 aliphatic carbocycles. The average Bonchev–Trinajstić information content (AvgIpc) is 2.39. The molecule has 1 atom stereocenters. The van der Waals surface area contributed by atoms with Crippen LogP contribution >= 0.6 is 0 Å². The van der Waals surface area contributed by atoms with Crippen molar-refractivity contribution in [2.45, 2.75) is 13.8 Å². The molecule has 1 rings (SSSR count). The van der Waals surface area contributed by atoms with Crippen molar-refractivity contribution in [1.29, 1.82) is 0 Å². The van der Waals surface area contributed by atoms with E-state index in [1.807, 2.05) is 0 Å². The Balaban J connectivity index is 2.99. The molecule has 21 heavy (non-hydrogen) atoms. The number of carboxylic acids is 1. The summed E-state index contributed by atoms with van der Waals surface area (Å²) >= 11 is 0. The third kappa shape index (κ3) is 4.04. The quantitative estimate of drug-likeness (QED) is 0.592. The van der Waals surface area contributed by atoms with Crippen LogP contribution in [0.25, 0.3) is 0 Å². The van der Waals surface area contributed by atoms with Crippen LogP contribution in [0.15, 0.2) is 12.1 Å². The number of nitrogens with one attached hydrogen (secondary N) is 1. The Morgan fingerprint density at radius 2 is 2.14 bits per heavy atom. The van der Waals surface area contributed by atoms with Gasteiger partial charge in [-0.2, -0.15) is 0 Å². The molecule has 0 aromatic heterocycles. The maximum atomic E-state index is 13.8. The van der Waals surface area contributed by atoms with Gasteiger partial charge in [0.15, 0.2) is 11.6 Å². The van der Waals surface area contributed by atoms with E-state index in [2.05, 4.69) is 5.32 Å². The van der Waals surface area contributed by atoms with Gasteiger partial charge in [0.2, 0.25) is 0 Å². The second kappa shape index (κ2) is 6.87. The molecule has 0 aliphatic heterocycles. The van der Waals surface area contributed by atoms with Gasteiger partial charge in [0, 0.05) is 12.6 Å². The minimum Gasteiger partial charge on any atom is -0.490 e. The third-order valence-corrected chi connectivity index (χ3v) is 3.10. The number of rotatable bonds is 7. The van der Waals surface area contributed by atoms with Gasteiger partial charge in [-0.15, -0.1) is 0 Å². The fourth-order valence-corrected chi connectivity index (χ4v) is 1.81. The molecule has 0 aliphatic rings. The van der Waals surface area contributed by atoms with Crippen LogP contribution in [-0.4, -0.2) is 29.7 Å². The van der Waals surface area contributed by atoms with Crippen molar-refractivity contribution in [3.63, 3.8) is 0 Å². The minimum atomic E-state index is -0.994. The lowest BCUT2D eigenvalue weighted by atomic mass is 9.96. The summed E-state index contributed by atoms with van der Waals surface area (Å²) < 4.78 is 18.6. The zero-order valence-corrected chi connectivity index (χ0v) is 11.9. The maximum absolute atomic E-state index is 13.8. The van der Waals surface area contributed by atoms with Gasteiger partial charge < -0.3 is 15.2 Å². The van der Waals surface area contributed by atoms with Crippen molar-refractivity contribution < 1.29 is 24.0 Å². The van der Waals surface area contributed by atoms with Crippen LogP contribution in [0.5, 0.6) is 5.75 Å². The maximum Gasteiger partial charge on any atom is 0.313 e. The molecule has 1 unspecified atom stereocenters. The van der Waals surface area contributed by atoms with E-state index in [4.69, 9.17) is 9.84 Å². The van der Waals surface area contributed by atoms with E-state index in [1.54, 1.807) is 13.8 Å². The molecule has 8 heteroatoms. The highest BCUT2D eigenvalue weighted by Gasteiger charge is 2.23. The first-order chi connectivity index (χ1) is 9.77. The number of ether oxygens (including phenoxy) is 1. The number of benzene rings is 1. The molecule has 0 bridgehead atoms. The van der Waals surface area contributed by atoms with E-state index in [0.29, 0.717) is 0 Å². The highest BCUT2D eigenvalue weighted by molar-refractivity contribution is 5.71. The summed E-state index contributed by atoms with van der Waals surface area (Å²) in [6.07, 6.45) is 0. The Bertz CT molecular complexity index is 548. The molecule has 1 aromatic rings. The van der Waals surface area contributed by atoms with E-state index >= 15 is 0 Å². The van der Waals surface area contributed by atoms with Crippen LogP contribution in [0.3, 0.4) is 0 Å². The van der Waals surface area contributed by atoms with Gasteiger partial charge in [-0.3, -0.25) is 14.9 Å². The smallest absolute Gasteiger partial charge is 0.313 e. The number of hydrogen-bond donors (Lipinski definition) is 2. The molecule has 0 amide bonds. The van der Waals surface area contributed by atoms with E-state index < -0.39 is 28.3 Å². The first kappa shape index (κ1) is 16.7. The van der Waals surface area contributed by atoms with Crippen molar-refractivity contribution >= 4 is 17.3 Å². The lowest BCUT2D eigenvalue weighted by Crippen LogP contribution is -2.27. The number of aliphatic carboxylic acids is 1. The number of anilines is 1. The second-order valence-corrected chi connectivity index (χ2v) is 4.83. The van der Waals surface area contributed by atoms with Crippen LogP contribution in [0, 0.1) is 27.8 Å². The molecule has 0 saturated carbocycles. The van der Waals surface area contributed by atoms with Crippen molar-refractivity contribution in [2.75, 3.05) is 19.0 Å². The van der Waals surface area contributed by atoms with Crippen molar-refractivity contribution in [3.05, 3.63) is 28.1 Å². The highest BCUT2D eigenvalue weighted by Crippen LogP contribution is 2.32. The first-order valence-corrected chi connectivity index (χ1v) is 6.26. The summed E-state index contributed by atoms with van der Waals surface area (Å²) in [6, 6.07) is 1.89. The second-order valence-electron chi connectivity index (χ2n) is 4.83. The van der Waals surface area contributed by atoms with Crippen molar-refractivity contribution in [1.82, 2.24) is 0 Å². The standard InChI is InChI=1S/C13H17FN2O5/c1-7(2)8(13(17)18)6-15-10-5-12(21-3)11(16(19)20)4-9(10)14/h4-5,7-8,15H,6H2,1-3H3,(H,17,18). The minimum absolute atomic E-state index is 0.00485. The van der Waals surface area contributed by atoms with Gasteiger partial charge in [0.05, 0.1) is 29.7 Å². The molecule has 0 spiro atoms. The summed E-state index contributed by atoms with van der Waals surface area (Å²) in [4.78, 5) is 21.1. The molecule has 0 heterocycles. The van der Waals surface area contributed by atoms with Gasteiger partial charge in [-0.05, 0) is 5.92 Å². The average molecular weight is 300 g/mol. The normalized spacial score (nSPS) is 12.0. The van der Waals surface area contributed by atoms with Crippen LogP contribution in [0.1, 0.15) is 13.8 Å². The Morgan fingerprint density at radius 1 is 1.52 bits per heavy atom. The van der Waals surface area contributed by atoms with Crippen LogP contribution in [-0.2, 0) is 4.79 Å². The topological polar surface area (TPSA) is 102 Å². The summed E-state index contributed by atoms with van der Waals surface area (Å²) in [5.74, 6) is -2.77. The summed E-state index contributed by atoms with van der Waals surface area (Å²) in [6.45, 7) is 3.49. The molecule has 0 saturated heterocycles. The Hall–Kier alpha value is -2.38. The van der Waals surface area contributed by atoms with E-state index in [9.17, 15) is 19.3 Å². The number of carboxylic acid groups (broad SMARTS) is 1. The van der Waals surface area contributed by atoms with E-state index in [0.717, 1.165) is 12.1 Å². The van der Waals surface area contributed by atoms with Crippen LogP contribution in [0.4, 0.5) is 15.8 Å². The fraction of sp³-hybridized carbons (Fsp3) is 0.462. The number of nitro benzene ring substituents is 1. The number of nitro groups is 1. The Kier molecular flexibility index (Phi) is 5.45. The molecule has 116 valence electrons. The number of halogens is 1. The van der Waals surface area contributed by atoms with E-state index in [1.165, 1.54) is 7.11 Å².